The molecule has 0 bridgehead atoms. The van der Waals surface area contributed by atoms with Crippen molar-refractivity contribution >= 4 is 11.9 Å². The second-order valence-corrected chi connectivity index (χ2v) is 4.69. The first-order chi connectivity index (χ1) is 10.6. The monoisotopic (exact) mass is 300 g/mol. The van der Waals surface area contributed by atoms with Crippen molar-refractivity contribution in [3.63, 3.8) is 0 Å². The van der Waals surface area contributed by atoms with E-state index in [-0.39, 0.29) is 23.8 Å². The average molecular weight is 300 g/mol. The Labute approximate surface area is 128 Å². The molecule has 0 aliphatic carbocycles. The summed E-state index contributed by atoms with van der Waals surface area (Å²) in [6, 6.07) is 15.1. The van der Waals surface area contributed by atoms with Gasteiger partial charge in [-0.25, -0.2) is 9.59 Å². The van der Waals surface area contributed by atoms with E-state index < -0.39 is 11.9 Å². The minimum absolute atomic E-state index is 0.0294. The van der Waals surface area contributed by atoms with Gasteiger partial charge in [-0.2, -0.15) is 0 Å². The highest BCUT2D eigenvalue weighted by Gasteiger charge is 2.18. The molecule has 22 heavy (non-hydrogen) atoms. The van der Waals surface area contributed by atoms with Crippen LogP contribution in [0.4, 0.5) is 0 Å². The van der Waals surface area contributed by atoms with E-state index in [0.29, 0.717) is 5.75 Å². The largest absolute Gasteiger partial charge is 0.487 e. The van der Waals surface area contributed by atoms with Gasteiger partial charge in [-0.1, -0.05) is 30.3 Å². The fraction of sp³-hybridized carbons (Fsp3) is 0.176. The number of carboxylic acid groups (broad SMARTS) is 1. The molecule has 0 fully saturated rings. The molecule has 5 heteroatoms. The number of ether oxygens (including phenoxy) is 2. The number of hydrogen-bond donors (Lipinski definition) is 1. The zero-order valence-electron chi connectivity index (χ0n) is 12.1. The van der Waals surface area contributed by atoms with Gasteiger partial charge >= 0.3 is 11.9 Å². The van der Waals surface area contributed by atoms with Gasteiger partial charge in [-0.05, 0) is 31.2 Å². The molecule has 2 aromatic rings. The first kappa shape index (κ1) is 15.6. The number of carbonyl (C=O) groups is 2. The highest BCUT2D eigenvalue weighted by atomic mass is 16.6. The van der Waals surface area contributed by atoms with Gasteiger partial charge in [-0.3, -0.25) is 0 Å². The molecule has 1 N–H and O–H groups in total. The van der Waals surface area contributed by atoms with Crippen molar-refractivity contribution in [2.45, 2.75) is 13.0 Å². The number of rotatable bonds is 6. The van der Waals surface area contributed by atoms with Crippen LogP contribution in [0.1, 0.15) is 27.6 Å². The molecule has 1 atom stereocenters. The summed E-state index contributed by atoms with van der Waals surface area (Å²) in [6.45, 7) is 1.80. The third-order valence-corrected chi connectivity index (χ3v) is 2.91. The third-order valence-electron chi connectivity index (χ3n) is 2.91. The maximum Gasteiger partial charge on any atom is 0.339 e. The molecule has 0 radical (unpaired) electrons. The van der Waals surface area contributed by atoms with E-state index in [4.69, 9.17) is 14.6 Å². The van der Waals surface area contributed by atoms with Crippen LogP contribution in [0.5, 0.6) is 5.75 Å². The first-order valence-electron chi connectivity index (χ1n) is 6.79. The van der Waals surface area contributed by atoms with Gasteiger partial charge in [0.05, 0.1) is 11.1 Å². The van der Waals surface area contributed by atoms with E-state index in [1.807, 2.05) is 18.2 Å². The summed E-state index contributed by atoms with van der Waals surface area (Å²) in [5, 5.41) is 9.05. The van der Waals surface area contributed by atoms with Crippen LogP contribution in [0.15, 0.2) is 54.6 Å². The smallest absolute Gasteiger partial charge is 0.339 e. The summed E-state index contributed by atoms with van der Waals surface area (Å²) in [7, 11) is 0. The van der Waals surface area contributed by atoms with Crippen LogP contribution in [0.25, 0.3) is 0 Å². The zero-order valence-corrected chi connectivity index (χ0v) is 12.1. The second-order valence-electron chi connectivity index (χ2n) is 4.69. The maximum atomic E-state index is 12.0. The van der Waals surface area contributed by atoms with Crippen LogP contribution in [0.2, 0.25) is 0 Å². The van der Waals surface area contributed by atoms with Gasteiger partial charge in [0.1, 0.15) is 18.5 Å². The van der Waals surface area contributed by atoms with Gasteiger partial charge in [0.25, 0.3) is 0 Å². The molecule has 0 spiro atoms. The van der Waals surface area contributed by atoms with E-state index >= 15 is 0 Å². The topological polar surface area (TPSA) is 72.8 Å². The Morgan fingerprint density at radius 2 is 1.59 bits per heavy atom. The lowest BCUT2D eigenvalue weighted by molar-refractivity contribution is 0.0336. The summed E-state index contributed by atoms with van der Waals surface area (Å²) in [4.78, 5) is 23.1. The second kappa shape index (κ2) is 7.26. The molecule has 0 amide bonds. The lowest BCUT2D eigenvalue weighted by Gasteiger charge is -2.15. The number of aromatic carboxylic acids is 1. The number of carboxylic acids is 1. The van der Waals surface area contributed by atoms with Crippen LogP contribution in [-0.2, 0) is 4.74 Å². The minimum Gasteiger partial charge on any atom is -0.487 e. The normalized spacial score (nSPS) is 11.5. The number of benzene rings is 2. The number of para-hydroxylation sites is 1. The van der Waals surface area contributed by atoms with Crippen molar-refractivity contribution < 1.29 is 24.2 Å². The molecule has 0 saturated carbocycles. The summed E-state index contributed by atoms with van der Waals surface area (Å²) in [6.07, 6.45) is -0.344. The van der Waals surface area contributed by atoms with Crippen molar-refractivity contribution in [2.75, 3.05) is 6.61 Å². The molecule has 0 aromatic heterocycles. The molecule has 1 unspecified atom stereocenters. The van der Waals surface area contributed by atoms with Crippen LogP contribution >= 0.6 is 0 Å². The van der Waals surface area contributed by atoms with E-state index in [1.165, 1.54) is 12.1 Å². The van der Waals surface area contributed by atoms with Crippen LogP contribution in [-0.4, -0.2) is 29.8 Å². The summed E-state index contributed by atoms with van der Waals surface area (Å²) >= 11 is 0. The van der Waals surface area contributed by atoms with E-state index in [9.17, 15) is 9.59 Å². The average Bonchev–Trinajstić information content (AvgIpc) is 2.53. The highest BCUT2D eigenvalue weighted by Crippen LogP contribution is 2.13. The van der Waals surface area contributed by atoms with Gasteiger partial charge in [0.2, 0.25) is 0 Å². The number of esters is 1. The van der Waals surface area contributed by atoms with Crippen molar-refractivity contribution in [2.24, 2.45) is 0 Å². The molecule has 0 aliphatic heterocycles. The zero-order chi connectivity index (χ0) is 15.9. The van der Waals surface area contributed by atoms with Crippen LogP contribution in [0, 0.1) is 0 Å². The van der Waals surface area contributed by atoms with Crippen molar-refractivity contribution in [3.05, 3.63) is 65.7 Å². The van der Waals surface area contributed by atoms with Crippen LogP contribution in [0.3, 0.4) is 0 Å². The fourth-order valence-electron chi connectivity index (χ4n) is 1.88. The highest BCUT2D eigenvalue weighted by molar-refractivity contribution is 6.02. The van der Waals surface area contributed by atoms with Crippen LogP contribution < -0.4 is 4.74 Å². The summed E-state index contributed by atoms with van der Waals surface area (Å²) < 4.78 is 10.7. The third kappa shape index (κ3) is 4.09. The Morgan fingerprint density at radius 1 is 1.00 bits per heavy atom. The van der Waals surface area contributed by atoms with E-state index in [2.05, 4.69) is 0 Å². The van der Waals surface area contributed by atoms with Gasteiger partial charge in [0, 0.05) is 0 Å². The van der Waals surface area contributed by atoms with Crippen molar-refractivity contribution in [1.29, 1.82) is 0 Å². The molecule has 0 aliphatic rings. The first-order valence-corrected chi connectivity index (χ1v) is 6.79. The number of hydrogen-bond acceptors (Lipinski definition) is 4. The van der Waals surface area contributed by atoms with Crippen molar-refractivity contribution in [3.8, 4) is 5.75 Å². The Balaban J connectivity index is 1.94. The molecular weight excluding hydrogens is 284 g/mol. The lowest BCUT2D eigenvalue weighted by atomic mass is 10.1. The predicted molar refractivity (Wildman–Crippen MR) is 80.2 cm³/mol. The Hall–Kier alpha value is -2.82. The predicted octanol–water partition coefficient (Wildman–Crippen LogP) is 3.01. The van der Waals surface area contributed by atoms with Gasteiger partial charge in [0.15, 0.2) is 0 Å². The lowest BCUT2D eigenvalue weighted by Crippen LogP contribution is -2.22. The van der Waals surface area contributed by atoms with Gasteiger partial charge < -0.3 is 14.6 Å². The number of carbonyl (C=O) groups excluding carboxylic acids is 1. The van der Waals surface area contributed by atoms with Gasteiger partial charge in [-0.15, -0.1) is 0 Å². The fourth-order valence-corrected chi connectivity index (χ4v) is 1.88. The Morgan fingerprint density at radius 3 is 2.23 bits per heavy atom. The molecule has 0 heterocycles. The van der Waals surface area contributed by atoms with Crippen molar-refractivity contribution in [1.82, 2.24) is 0 Å². The molecule has 114 valence electrons. The summed E-state index contributed by atoms with van der Waals surface area (Å²) in [5.74, 6) is -1.17. The molecule has 5 nitrogen and oxygen atoms in total. The SMILES string of the molecule is CC(COC(=O)c1ccccc1C(=O)O)Oc1ccccc1. The molecule has 2 aromatic carbocycles. The summed E-state index contributed by atoms with van der Waals surface area (Å²) in [5.41, 5.74) is -0.0500. The molecular formula is C17H16O5. The Bertz CT molecular complexity index is 651. The Kier molecular flexibility index (Phi) is 5.14. The standard InChI is InChI=1S/C17H16O5/c1-12(22-13-7-3-2-4-8-13)11-21-17(20)15-10-6-5-9-14(15)16(18)19/h2-10,12H,11H2,1H3,(H,18,19). The quantitative estimate of drug-likeness (QED) is 0.830. The maximum absolute atomic E-state index is 12.0. The molecule has 2 rings (SSSR count). The van der Waals surface area contributed by atoms with E-state index in [0.717, 1.165) is 0 Å². The minimum atomic E-state index is -1.17. The van der Waals surface area contributed by atoms with E-state index in [1.54, 1.807) is 31.2 Å². The molecule has 0 saturated heterocycles.